The lowest BCUT2D eigenvalue weighted by molar-refractivity contribution is -0.121. The largest absolute Gasteiger partial charge is 0.457 e. The summed E-state index contributed by atoms with van der Waals surface area (Å²) in [4.78, 5) is 14.3. The summed E-state index contributed by atoms with van der Waals surface area (Å²) in [6.07, 6.45) is 1.70. The predicted octanol–water partition coefficient (Wildman–Crippen LogP) is 5.47. The Labute approximate surface area is 153 Å². The van der Waals surface area contributed by atoms with Crippen molar-refractivity contribution in [1.82, 2.24) is 4.90 Å². The van der Waals surface area contributed by atoms with E-state index in [9.17, 15) is 4.79 Å². The zero-order valence-electron chi connectivity index (χ0n) is 12.0. The summed E-state index contributed by atoms with van der Waals surface area (Å²) in [6, 6.07) is 8.91. The highest BCUT2D eigenvalue weighted by atomic mass is 35.5. The normalized spacial score (nSPS) is 16.7. The second-order valence-corrected chi connectivity index (χ2v) is 7.25. The molecule has 0 bridgehead atoms. The van der Waals surface area contributed by atoms with E-state index in [0.29, 0.717) is 37.3 Å². The Bertz CT molecular complexity index is 829. The zero-order chi connectivity index (χ0) is 16.6. The van der Waals surface area contributed by atoms with Crippen LogP contribution in [0.1, 0.15) is 12.7 Å². The molecule has 0 atom stereocenters. The summed E-state index contributed by atoms with van der Waals surface area (Å²) >= 11 is 18.4. The van der Waals surface area contributed by atoms with Crippen molar-refractivity contribution in [3.8, 4) is 11.3 Å². The molecule has 0 spiro atoms. The van der Waals surface area contributed by atoms with Gasteiger partial charge in [-0.15, -0.1) is 0 Å². The molecule has 3 rings (SSSR count). The third-order valence-electron chi connectivity index (χ3n) is 3.29. The van der Waals surface area contributed by atoms with Gasteiger partial charge in [-0.1, -0.05) is 47.2 Å². The first-order chi connectivity index (χ1) is 11.0. The van der Waals surface area contributed by atoms with Crippen molar-refractivity contribution in [3.63, 3.8) is 0 Å². The number of carbonyl (C=O) groups excluding carboxylic acids is 1. The molecule has 1 amide bonds. The molecule has 2 aromatic rings. The van der Waals surface area contributed by atoms with Gasteiger partial charge in [0, 0.05) is 18.2 Å². The summed E-state index contributed by atoms with van der Waals surface area (Å²) in [5.41, 5.74) is 0.820. The molecule has 1 aliphatic heterocycles. The van der Waals surface area contributed by atoms with Gasteiger partial charge in [0.05, 0.1) is 15.0 Å². The third-order valence-corrected chi connectivity index (χ3v) is 5.41. The van der Waals surface area contributed by atoms with E-state index in [2.05, 4.69) is 0 Å². The summed E-state index contributed by atoms with van der Waals surface area (Å²) in [7, 11) is 0. The average molecular weight is 384 g/mol. The average Bonchev–Trinajstić information content (AvgIpc) is 3.08. The van der Waals surface area contributed by atoms with Gasteiger partial charge in [-0.2, -0.15) is 0 Å². The second-order valence-electron chi connectivity index (χ2n) is 4.76. The van der Waals surface area contributed by atoms with Crippen molar-refractivity contribution in [2.45, 2.75) is 6.92 Å². The fraction of sp³-hybridized carbons (Fsp3) is 0.125. The van der Waals surface area contributed by atoms with E-state index in [0.717, 1.165) is 5.56 Å². The molecule has 1 aromatic carbocycles. The molecule has 3 nitrogen and oxygen atoms in total. The number of furan rings is 1. The summed E-state index contributed by atoms with van der Waals surface area (Å²) in [6.45, 7) is 2.46. The summed E-state index contributed by atoms with van der Waals surface area (Å²) < 4.78 is 6.34. The number of rotatable bonds is 3. The number of hydrogen-bond donors (Lipinski definition) is 0. The molecule has 1 saturated heterocycles. The molecule has 0 aliphatic carbocycles. The van der Waals surface area contributed by atoms with Crippen molar-refractivity contribution in [3.05, 3.63) is 51.0 Å². The van der Waals surface area contributed by atoms with Gasteiger partial charge < -0.3 is 4.42 Å². The Kier molecular flexibility index (Phi) is 4.82. The number of likely N-dealkylation sites (N-methyl/N-ethyl adjacent to an activating group) is 1. The van der Waals surface area contributed by atoms with Gasteiger partial charge in [-0.05, 0) is 37.3 Å². The van der Waals surface area contributed by atoms with Crippen molar-refractivity contribution in [2.75, 3.05) is 6.54 Å². The first-order valence-electron chi connectivity index (χ1n) is 6.80. The summed E-state index contributed by atoms with van der Waals surface area (Å²) in [5.74, 6) is 1.15. The lowest BCUT2D eigenvalue weighted by atomic mass is 10.2. The van der Waals surface area contributed by atoms with Crippen LogP contribution in [-0.2, 0) is 4.79 Å². The van der Waals surface area contributed by atoms with Crippen LogP contribution in [-0.4, -0.2) is 21.7 Å². The van der Waals surface area contributed by atoms with Crippen LogP contribution in [0.2, 0.25) is 10.0 Å². The number of hydrogen-bond acceptors (Lipinski definition) is 4. The fourth-order valence-corrected chi connectivity index (χ4v) is 3.80. The van der Waals surface area contributed by atoms with Crippen LogP contribution in [0.4, 0.5) is 0 Å². The Morgan fingerprint density at radius 1 is 1.26 bits per heavy atom. The molecule has 1 aromatic heterocycles. The Morgan fingerprint density at radius 3 is 2.70 bits per heavy atom. The minimum absolute atomic E-state index is 0.0880. The smallest absolute Gasteiger partial charge is 0.266 e. The topological polar surface area (TPSA) is 33.5 Å². The number of thioether (sulfide) groups is 1. The van der Waals surface area contributed by atoms with Gasteiger partial charge in [0.1, 0.15) is 15.8 Å². The second kappa shape index (κ2) is 6.69. The van der Waals surface area contributed by atoms with E-state index in [4.69, 9.17) is 39.8 Å². The standard InChI is InChI=1S/C16H11Cl2NO2S2/c1-2-19-15(20)14(23-16(19)22)8-10-4-6-13(21-10)9-3-5-11(17)12(18)7-9/h3-8H,2H2,1H3. The number of benzene rings is 1. The number of amides is 1. The molecular weight excluding hydrogens is 373 g/mol. The molecule has 1 fully saturated rings. The highest BCUT2D eigenvalue weighted by Crippen LogP contribution is 2.34. The summed E-state index contributed by atoms with van der Waals surface area (Å²) in [5, 5.41) is 0.955. The highest BCUT2D eigenvalue weighted by Gasteiger charge is 2.30. The van der Waals surface area contributed by atoms with Crippen molar-refractivity contribution in [2.24, 2.45) is 0 Å². The van der Waals surface area contributed by atoms with Crippen LogP contribution in [0.15, 0.2) is 39.7 Å². The van der Waals surface area contributed by atoms with Gasteiger partial charge in [0.2, 0.25) is 0 Å². The quantitative estimate of drug-likeness (QED) is 0.519. The van der Waals surface area contributed by atoms with Gasteiger partial charge in [0.15, 0.2) is 0 Å². The molecule has 118 valence electrons. The van der Waals surface area contributed by atoms with Crippen LogP contribution in [0.5, 0.6) is 0 Å². The number of thiocarbonyl (C=S) groups is 1. The van der Waals surface area contributed by atoms with Crippen LogP contribution in [0, 0.1) is 0 Å². The van der Waals surface area contributed by atoms with E-state index < -0.39 is 0 Å². The Morgan fingerprint density at radius 2 is 2.04 bits per heavy atom. The molecule has 0 N–H and O–H groups in total. The number of halogens is 2. The lowest BCUT2D eigenvalue weighted by Crippen LogP contribution is -2.27. The Balaban J connectivity index is 1.88. The van der Waals surface area contributed by atoms with Gasteiger partial charge in [0.25, 0.3) is 5.91 Å². The molecule has 0 saturated carbocycles. The van der Waals surface area contributed by atoms with E-state index >= 15 is 0 Å². The van der Waals surface area contributed by atoms with Crippen LogP contribution >= 0.6 is 47.2 Å². The van der Waals surface area contributed by atoms with E-state index in [1.54, 1.807) is 29.2 Å². The van der Waals surface area contributed by atoms with Gasteiger partial charge >= 0.3 is 0 Å². The maximum atomic E-state index is 12.2. The van der Waals surface area contributed by atoms with Gasteiger partial charge in [-0.3, -0.25) is 9.69 Å². The van der Waals surface area contributed by atoms with Crippen LogP contribution in [0.25, 0.3) is 17.4 Å². The molecule has 0 unspecified atom stereocenters. The van der Waals surface area contributed by atoms with E-state index in [-0.39, 0.29) is 5.91 Å². The maximum Gasteiger partial charge on any atom is 0.266 e. The maximum absolute atomic E-state index is 12.2. The number of carbonyl (C=O) groups is 1. The molecule has 7 heteroatoms. The molecule has 1 aliphatic rings. The molecule has 0 radical (unpaired) electrons. The minimum Gasteiger partial charge on any atom is -0.457 e. The van der Waals surface area contributed by atoms with E-state index in [1.165, 1.54) is 11.8 Å². The highest BCUT2D eigenvalue weighted by molar-refractivity contribution is 8.26. The fourth-order valence-electron chi connectivity index (χ4n) is 2.14. The predicted molar refractivity (Wildman–Crippen MR) is 99.7 cm³/mol. The van der Waals surface area contributed by atoms with E-state index in [1.807, 2.05) is 19.1 Å². The third kappa shape index (κ3) is 3.33. The van der Waals surface area contributed by atoms with Crippen molar-refractivity contribution in [1.29, 1.82) is 0 Å². The lowest BCUT2D eigenvalue weighted by Gasteiger charge is -2.09. The molecule has 2 heterocycles. The first kappa shape index (κ1) is 16.6. The Hall–Kier alpha value is -1.27. The first-order valence-corrected chi connectivity index (χ1v) is 8.78. The monoisotopic (exact) mass is 383 g/mol. The number of nitrogens with zero attached hydrogens (tertiary/aromatic N) is 1. The van der Waals surface area contributed by atoms with Crippen LogP contribution < -0.4 is 0 Å². The van der Waals surface area contributed by atoms with Crippen molar-refractivity contribution >= 4 is 63.5 Å². The van der Waals surface area contributed by atoms with Crippen LogP contribution in [0.3, 0.4) is 0 Å². The van der Waals surface area contributed by atoms with Crippen molar-refractivity contribution < 1.29 is 9.21 Å². The molecule has 23 heavy (non-hydrogen) atoms. The minimum atomic E-state index is -0.0880. The zero-order valence-corrected chi connectivity index (χ0v) is 15.2. The van der Waals surface area contributed by atoms with Gasteiger partial charge in [-0.25, -0.2) is 0 Å². The SMILES string of the molecule is CCN1C(=O)C(=Cc2ccc(-c3ccc(Cl)c(Cl)c3)o2)SC1=S. The molecular formula is C16H11Cl2NO2S2.